The summed E-state index contributed by atoms with van der Waals surface area (Å²) in [7, 11) is -3.14. The average molecular weight is 411 g/mol. The Morgan fingerprint density at radius 1 is 1.35 bits per heavy atom. The molecule has 0 heterocycles. The van der Waals surface area contributed by atoms with Crippen LogP contribution >= 0.6 is 18.0 Å². The molecular formula is C13H31O6PS3. The van der Waals surface area contributed by atoms with Crippen molar-refractivity contribution in [2.75, 3.05) is 37.3 Å². The van der Waals surface area contributed by atoms with Crippen molar-refractivity contribution in [1.82, 2.24) is 0 Å². The van der Waals surface area contributed by atoms with Gasteiger partial charge in [-0.15, -0.1) is 0 Å². The van der Waals surface area contributed by atoms with Crippen LogP contribution in [0.2, 0.25) is 0 Å². The van der Waals surface area contributed by atoms with Crippen LogP contribution in [0.5, 0.6) is 0 Å². The molecule has 0 spiro atoms. The van der Waals surface area contributed by atoms with Crippen molar-refractivity contribution in [1.29, 1.82) is 0 Å². The summed E-state index contributed by atoms with van der Waals surface area (Å²) >= 11 is 1.51. The standard InChI is InChI=1S/C12H28O2PS2.CH4O4S/c1-8-17(7)10-9-16-15(6,13)14-11(2)12(3,4)5;1-5-6(2,3)4/h11H,8-10H2,1-7H3;1H3,(H,2,3,4)/q+1;/p-1. The van der Waals surface area contributed by atoms with Crippen LogP contribution in [-0.2, 0) is 34.6 Å². The predicted octanol–water partition coefficient (Wildman–Crippen LogP) is 3.35. The summed E-state index contributed by atoms with van der Waals surface area (Å²) in [5.74, 6) is 3.30. The Hall–Kier alpha value is 0.760. The Kier molecular flexibility index (Phi) is 12.9. The fourth-order valence-corrected chi connectivity index (χ4v) is 6.21. The molecule has 0 radical (unpaired) electrons. The van der Waals surface area contributed by atoms with E-state index in [2.05, 4.69) is 38.1 Å². The van der Waals surface area contributed by atoms with Crippen molar-refractivity contribution in [3.8, 4) is 0 Å². The maximum Gasteiger partial charge on any atom is 0.255 e. The zero-order valence-corrected chi connectivity index (χ0v) is 18.7. The van der Waals surface area contributed by atoms with E-state index in [0.29, 0.717) is 10.9 Å². The van der Waals surface area contributed by atoms with E-state index < -0.39 is 17.0 Å². The molecule has 23 heavy (non-hydrogen) atoms. The molecule has 142 valence electrons. The van der Waals surface area contributed by atoms with Crippen LogP contribution in [0.1, 0.15) is 34.6 Å². The van der Waals surface area contributed by atoms with Gasteiger partial charge in [0.2, 0.25) is 10.4 Å². The van der Waals surface area contributed by atoms with E-state index in [9.17, 15) is 17.5 Å². The van der Waals surface area contributed by atoms with Gasteiger partial charge in [0.15, 0.2) is 0 Å². The van der Waals surface area contributed by atoms with Gasteiger partial charge in [-0.3, -0.25) is 8.75 Å². The van der Waals surface area contributed by atoms with Gasteiger partial charge in [0.05, 0.1) is 19.5 Å². The van der Waals surface area contributed by atoms with Crippen LogP contribution < -0.4 is 0 Å². The SMILES string of the molecule is CC[S+](C)CCSP(C)(=O)OC(C)C(C)(C)C.COS(=O)(=O)[O-]. The van der Waals surface area contributed by atoms with Crippen LogP contribution in [0.3, 0.4) is 0 Å². The van der Waals surface area contributed by atoms with Gasteiger partial charge in [-0.25, -0.2) is 8.42 Å². The highest BCUT2D eigenvalue weighted by atomic mass is 32.7. The second-order valence-corrected chi connectivity index (χ2v) is 15.0. The molecular weight excluding hydrogens is 379 g/mol. The van der Waals surface area contributed by atoms with Crippen molar-refractivity contribution in [3.63, 3.8) is 0 Å². The minimum Gasteiger partial charge on any atom is -0.726 e. The first-order chi connectivity index (χ1) is 10.1. The monoisotopic (exact) mass is 410 g/mol. The second-order valence-electron chi connectivity index (χ2n) is 6.07. The van der Waals surface area contributed by atoms with Gasteiger partial charge in [-0.05, 0) is 30.2 Å². The van der Waals surface area contributed by atoms with E-state index in [1.807, 2.05) is 6.92 Å². The van der Waals surface area contributed by atoms with Crippen LogP contribution in [0.4, 0.5) is 0 Å². The molecule has 3 atom stereocenters. The third kappa shape index (κ3) is 17.4. The molecule has 0 aromatic rings. The van der Waals surface area contributed by atoms with Gasteiger partial charge >= 0.3 is 0 Å². The first kappa shape index (κ1) is 26.0. The minimum absolute atomic E-state index is 0.0249. The molecule has 0 rings (SSSR count). The van der Waals surface area contributed by atoms with Crippen molar-refractivity contribution in [2.24, 2.45) is 5.41 Å². The van der Waals surface area contributed by atoms with Gasteiger partial charge in [-0.2, -0.15) is 0 Å². The number of hydrogen-bond donors (Lipinski definition) is 0. The lowest BCUT2D eigenvalue weighted by Gasteiger charge is -2.29. The van der Waals surface area contributed by atoms with Crippen LogP contribution in [-0.4, -0.2) is 56.4 Å². The Morgan fingerprint density at radius 2 is 1.78 bits per heavy atom. The lowest BCUT2D eigenvalue weighted by molar-refractivity contribution is 0.112. The van der Waals surface area contributed by atoms with E-state index in [4.69, 9.17) is 4.52 Å². The van der Waals surface area contributed by atoms with Crippen molar-refractivity contribution >= 4 is 39.2 Å². The van der Waals surface area contributed by atoms with Gasteiger partial charge in [-0.1, -0.05) is 32.2 Å². The largest absolute Gasteiger partial charge is 0.726 e. The molecule has 3 unspecified atom stereocenters. The zero-order chi connectivity index (χ0) is 18.9. The summed E-state index contributed by atoms with van der Waals surface area (Å²) < 4.78 is 49.0. The molecule has 0 fully saturated rings. The summed E-state index contributed by atoms with van der Waals surface area (Å²) in [6, 6.07) is 0. The molecule has 0 aromatic heterocycles. The smallest absolute Gasteiger partial charge is 0.255 e. The summed E-state index contributed by atoms with van der Waals surface area (Å²) in [4.78, 5) is 0. The Labute approximate surface area is 149 Å². The number of hydrogen-bond acceptors (Lipinski definition) is 7. The molecule has 0 saturated carbocycles. The van der Waals surface area contributed by atoms with Crippen molar-refractivity contribution < 1.29 is 26.2 Å². The highest BCUT2D eigenvalue weighted by Gasteiger charge is 2.28. The van der Waals surface area contributed by atoms with Crippen molar-refractivity contribution in [3.05, 3.63) is 0 Å². The van der Waals surface area contributed by atoms with Crippen LogP contribution in [0.25, 0.3) is 0 Å². The second kappa shape index (κ2) is 11.4. The normalized spacial score (nSPS) is 17.6. The van der Waals surface area contributed by atoms with Crippen LogP contribution in [0, 0.1) is 5.41 Å². The third-order valence-corrected chi connectivity index (χ3v) is 9.34. The van der Waals surface area contributed by atoms with Crippen LogP contribution in [0.15, 0.2) is 0 Å². The fraction of sp³-hybridized carbons (Fsp3) is 1.00. The number of rotatable bonds is 8. The maximum absolute atomic E-state index is 12.3. The van der Waals surface area contributed by atoms with Gasteiger partial charge in [0, 0.05) is 12.4 Å². The van der Waals surface area contributed by atoms with E-state index in [-0.39, 0.29) is 11.5 Å². The lowest BCUT2D eigenvalue weighted by Crippen LogP contribution is -2.24. The summed E-state index contributed by atoms with van der Waals surface area (Å²) in [6.07, 6.45) is 2.29. The summed E-state index contributed by atoms with van der Waals surface area (Å²) in [5.41, 5.74) is 0.0463. The van der Waals surface area contributed by atoms with E-state index in [1.54, 1.807) is 6.66 Å². The summed E-state index contributed by atoms with van der Waals surface area (Å²) in [5, 5.41) is 0. The summed E-state index contributed by atoms with van der Waals surface area (Å²) in [6.45, 7) is 9.81. The van der Waals surface area contributed by atoms with Gasteiger partial charge < -0.3 is 9.08 Å². The highest BCUT2D eigenvalue weighted by molar-refractivity contribution is 8.56. The highest BCUT2D eigenvalue weighted by Crippen LogP contribution is 2.58. The zero-order valence-electron chi connectivity index (χ0n) is 15.3. The topological polar surface area (TPSA) is 92.7 Å². The molecule has 0 aliphatic heterocycles. The molecule has 0 saturated heterocycles. The van der Waals surface area contributed by atoms with Gasteiger partial charge in [0.25, 0.3) is 6.57 Å². The average Bonchev–Trinajstić information content (AvgIpc) is 2.36. The van der Waals surface area contributed by atoms with E-state index in [0.717, 1.165) is 18.6 Å². The molecule has 0 aliphatic rings. The fourth-order valence-electron chi connectivity index (χ4n) is 0.965. The molecule has 0 bridgehead atoms. The maximum atomic E-state index is 12.3. The molecule has 0 amide bonds. The minimum atomic E-state index is -4.41. The molecule has 0 aliphatic carbocycles. The van der Waals surface area contributed by atoms with E-state index in [1.165, 1.54) is 17.1 Å². The molecule has 6 nitrogen and oxygen atoms in total. The Balaban J connectivity index is 0. The molecule has 0 aromatic carbocycles. The molecule has 0 N–H and O–H groups in total. The quantitative estimate of drug-likeness (QED) is 0.262. The van der Waals surface area contributed by atoms with Crippen molar-refractivity contribution in [2.45, 2.75) is 40.7 Å². The molecule has 10 heteroatoms. The van der Waals surface area contributed by atoms with E-state index >= 15 is 0 Å². The lowest BCUT2D eigenvalue weighted by atomic mass is 9.91. The predicted molar refractivity (Wildman–Crippen MR) is 101 cm³/mol. The van der Waals surface area contributed by atoms with Gasteiger partial charge in [0.1, 0.15) is 11.5 Å². The first-order valence-electron chi connectivity index (χ1n) is 7.15. The third-order valence-electron chi connectivity index (χ3n) is 3.02. The Bertz CT molecular complexity index is 461. The first-order valence-corrected chi connectivity index (χ1v) is 14.1. The Morgan fingerprint density at radius 3 is 2.09 bits per heavy atom.